The normalized spacial score (nSPS) is 23.1. The Morgan fingerprint density at radius 3 is 2.77 bits per heavy atom. The molecular weight excluding hydrogens is 561 g/mol. The second-order valence-electron chi connectivity index (χ2n) is 13.5. The first-order valence-electron chi connectivity index (χ1n) is 16.4. The number of fused-ring (bicyclic) bond motifs is 1. The van der Waals surface area contributed by atoms with Crippen LogP contribution in [0.4, 0.5) is 10.2 Å². The van der Waals surface area contributed by atoms with Gasteiger partial charge in [-0.1, -0.05) is 6.07 Å². The van der Waals surface area contributed by atoms with E-state index < -0.39 is 11.6 Å². The predicted octanol–water partition coefficient (Wildman–Crippen LogP) is 6.71. The van der Waals surface area contributed by atoms with E-state index in [-0.39, 0.29) is 24.0 Å². The number of aromatic nitrogens is 1. The average molecular weight is 612 g/mol. The molecule has 8 nitrogen and oxygen atoms in total. The molecule has 1 N–H and O–H groups in total. The van der Waals surface area contributed by atoms with E-state index in [9.17, 15) is 9.18 Å². The van der Waals surface area contributed by atoms with Gasteiger partial charge in [0.05, 0.1) is 19.3 Å². The van der Waals surface area contributed by atoms with Crippen molar-refractivity contribution in [1.29, 1.82) is 0 Å². The van der Waals surface area contributed by atoms with Gasteiger partial charge >= 0.3 is 5.97 Å². The molecule has 2 saturated heterocycles. The summed E-state index contributed by atoms with van der Waals surface area (Å²) >= 11 is 0. The van der Waals surface area contributed by atoms with Crippen LogP contribution in [0.2, 0.25) is 0 Å². The van der Waals surface area contributed by atoms with Crippen molar-refractivity contribution in [2.45, 2.75) is 115 Å². The van der Waals surface area contributed by atoms with Crippen LogP contribution in [0, 0.1) is 5.82 Å². The van der Waals surface area contributed by atoms with Gasteiger partial charge in [-0.25, -0.2) is 14.2 Å². The molecule has 3 aliphatic heterocycles. The van der Waals surface area contributed by atoms with Gasteiger partial charge in [0.1, 0.15) is 29.0 Å². The number of hydrogen-bond acceptors (Lipinski definition) is 8. The SMILES string of the molecule is COc1cc(CCCCO[C@@H]2CCN(C(C(=O)OC(C)(C)C)c3cc(F)ccc3[C@@H]3CCCCO3)C2)nc2c1CCC(C)N2. The van der Waals surface area contributed by atoms with Crippen molar-refractivity contribution in [1.82, 2.24) is 9.88 Å². The maximum Gasteiger partial charge on any atom is 0.328 e. The molecule has 2 aromatic rings. The Labute approximate surface area is 262 Å². The molecule has 4 heterocycles. The molecule has 1 aromatic carbocycles. The van der Waals surface area contributed by atoms with Crippen molar-refractivity contribution in [3.63, 3.8) is 0 Å². The zero-order valence-electron chi connectivity index (χ0n) is 27.1. The quantitative estimate of drug-likeness (QED) is 0.222. The van der Waals surface area contributed by atoms with Crippen LogP contribution in [0.5, 0.6) is 5.75 Å². The summed E-state index contributed by atoms with van der Waals surface area (Å²) in [4.78, 5) is 20.7. The minimum absolute atomic E-state index is 0.00414. The first-order chi connectivity index (χ1) is 21.1. The molecule has 0 radical (unpaired) electrons. The van der Waals surface area contributed by atoms with Crippen molar-refractivity contribution >= 4 is 11.8 Å². The van der Waals surface area contributed by atoms with Gasteiger partial charge in [0.15, 0.2) is 0 Å². The lowest BCUT2D eigenvalue weighted by Gasteiger charge is -2.33. The molecular formula is C35H50FN3O5. The van der Waals surface area contributed by atoms with Gasteiger partial charge in [-0.2, -0.15) is 0 Å². The molecule has 242 valence electrons. The number of hydrogen-bond donors (Lipinski definition) is 1. The Morgan fingerprint density at radius 2 is 2.02 bits per heavy atom. The Balaban J connectivity index is 1.20. The van der Waals surface area contributed by atoms with Crippen molar-refractivity contribution in [3.05, 3.63) is 52.5 Å². The van der Waals surface area contributed by atoms with Gasteiger partial charge in [-0.05, 0) is 109 Å². The van der Waals surface area contributed by atoms with Crippen LogP contribution in [-0.2, 0) is 31.8 Å². The first kappa shape index (κ1) is 32.6. The third-order valence-corrected chi connectivity index (χ3v) is 8.79. The van der Waals surface area contributed by atoms with Gasteiger partial charge in [-0.3, -0.25) is 4.90 Å². The third kappa shape index (κ3) is 8.29. The summed E-state index contributed by atoms with van der Waals surface area (Å²) in [5, 5.41) is 3.50. The number of unbranched alkanes of at least 4 members (excludes halogenated alkanes) is 1. The van der Waals surface area contributed by atoms with E-state index in [4.69, 9.17) is 23.9 Å². The van der Waals surface area contributed by atoms with Crippen molar-refractivity contribution in [3.8, 4) is 5.75 Å². The van der Waals surface area contributed by atoms with E-state index in [0.29, 0.717) is 37.9 Å². The monoisotopic (exact) mass is 611 g/mol. The van der Waals surface area contributed by atoms with Gasteiger partial charge in [-0.15, -0.1) is 0 Å². The second kappa shape index (κ2) is 14.6. The lowest BCUT2D eigenvalue weighted by atomic mass is 9.92. The fourth-order valence-corrected chi connectivity index (χ4v) is 6.61. The van der Waals surface area contributed by atoms with E-state index >= 15 is 0 Å². The third-order valence-electron chi connectivity index (χ3n) is 8.79. The number of esters is 1. The molecule has 2 fully saturated rings. The van der Waals surface area contributed by atoms with Crippen LogP contribution in [0.3, 0.4) is 0 Å². The number of rotatable bonds is 11. The van der Waals surface area contributed by atoms with Crippen LogP contribution in [0.1, 0.15) is 107 Å². The molecule has 0 aliphatic carbocycles. The van der Waals surface area contributed by atoms with Crippen LogP contribution in [0.15, 0.2) is 24.3 Å². The van der Waals surface area contributed by atoms with Gasteiger partial charge in [0.25, 0.3) is 0 Å². The number of nitrogens with zero attached hydrogens (tertiary/aromatic N) is 2. The summed E-state index contributed by atoms with van der Waals surface area (Å²) in [6.45, 7) is 10.3. The van der Waals surface area contributed by atoms with Crippen LogP contribution >= 0.6 is 0 Å². The molecule has 0 amide bonds. The molecule has 3 aliphatic rings. The zero-order chi connectivity index (χ0) is 31.3. The topological polar surface area (TPSA) is 82.2 Å². The Bertz CT molecular complexity index is 1280. The fourth-order valence-electron chi connectivity index (χ4n) is 6.61. The number of ether oxygens (including phenoxy) is 4. The number of carbonyl (C=O) groups is 1. The summed E-state index contributed by atoms with van der Waals surface area (Å²) < 4.78 is 38.6. The Kier molecular flexibility index (Phi) is 10.8. The summed E-state index contributed by atoms with van der Waals surface area (Å²) in [6, 6.07) is 6.51. The highest BCUT2D eigenvalue weighted by molar-refractivity contribution is 5.79. The molecule has 9 heteroatoms. The molecule has 0 saturated carbocycles. The minimum atomic E-state index is -0.722. The summed E-state index contributed by atoms with van der Waals surface area (Å²) in [6.07, 6.45) is 8.34. The summed E-state index contributed by atoms with van der Waals surface area (Å²) in [7, 11) is 1.72. The van der Waals surface area contributed by atoms with Gasteiger partial charge in [0.2, 0.25) is 0 Å². The highest BCUT2D eigenvalue weighted by Gasteiger charge is 2.39. The smallest absolute Gasteiger partial charge is 0.328 e. The molecule has 1 aromatic heterocycles. The molecule has 5 rings (SSSR count). The standard InChI is InChI=1S/C35H50FN3O5/c1-23-12-14-28-31(41-5)21-25(38-33(28)37-23)10-6-8-18-42-26-16-17-39(22-26)32(34(40)44-35(2,3)4)29-20-24(36)13-15-27(29)30-11-7-9-19-43-30/h13,15,20-21,23,26,30,32H,6-12,14,16-19,22H2,1-5H3,(H,37,38)/t23?,26-,30+,32?/m1/s1. The van der Waals surface area contributed by atoms with Crippen molar-refractivity contribution in [2.24, 2.45) is 0 Å². The predicted molar refractivity (Wildman–Crippen MR) is 169 cm³/mol. The number of carbonyl (C=O) groups excluding carboxylic acids is 1. The second-order valence-corrected chi connectivity index (χ2v) is 13.5. The van der Waals surface area contributed by atoms with Crippen molar-refractivity contribution in [2.75, 3.05) is 38.7 Å². The van der Waals surface area contributed by atoms with E-state index in [0.717, 1.165) is 80.6 Å². The lowest BCUT2D eigenvalue weighted by Crippen LogP contribution is -2.38. The number of pyridine rings is 1. The fraction of sp³-hybridized carbons (Fsp3) is 0.657. The Morgan fingerprint density at radius 1 is 1.18 bits per heavy atom. The lowest BCUT2D eigenvalue weighted by molar-refractivity contribution is -0.161. The van der Waals surface area contributed by atoms with E-state index in [1.807, 2.05) is 20.8 Å². The molecule has 0 spiro atoms. The van der Waals surface area contributed by atoms with E-state index in [1.165, 1.54) is 17.7 Å². The number of benzene rings is 1. The van der Waals surface area contributed by atoms with E-state index in [2.05, 4.69) is 23.2 Å². The maximum atomic E-state index is 14.7. The van der Waals surface area contributed by atoms with Crippen LogP contribution in [-0.4, -0.2) is 67.0 Å². The number of aryl methyl sites for hydroxylation is 1. The number of methoxy groups -OCH3 is 1. The largest absolute Gasteiger partial charge is 0.496 e. The van der Waals surface area contributed by atoms with Gasteiger partial charge in [0, 0.05) is 49.7 Å². The average Bonchev–Trinajstić information content (AvgIpc) is 3.44. The summed E-state index contributed by atoms with van der Waals surface area (Å²) in [5.41, 5.74) is 3.06. The highest BCUT2D eigenvalue weighted by atomic mass is 19.1. The molecule has 0 bridgehead atoms. The van der Waals surface area contributed by atoms with Gasteiger partial charge < -0.3 is 24.3 Å². The summed E-state index contributed by atoms with van der Waals surface area (Å²) in [5.74, 6) is 1.15. The van der Waals surface area contributed by atoms with Crippen molar-refractivity contribution < 1.29 is 28.1 Å². The Hall–Kier alpha value is -2.75. The number of nitrogens with one attached hydrogen (secondary N) is 1. The highest BCUT2D eigenvalue weighted by Crippen LogP contribution is 2.38. The zero-order valence-corrected chi connectivity index (χ0v) is 27.1. The van der Waals surface area contributed by atoms with Crippen LogP contribution in [0.25, 0.3) is 0 Å². The first-order valence-corrected chi connectivity index (χ1v) is 16.4. The number of anilines is 1. The maximum absolute atomic E-state index is 14.7. The number of likely N-dealkylation sites (tertiary alicyclic amines) is 1. The molecule has 4 atom stereocenters. The van der Waals surface area contributed by atoms with Crippen LogP contribution < -0.4 is 10.1 Å². The number of halogens is 1. The minimum Gasteiger partial charge on any atom is -0.496 e. The molecule has 44 heavy (non-hydrogen) atoms. The van der Waals surface area contributed by atoms with E-state index in [1.54, 1.807) is 13.2 Å². The molecule has 2 unspecified atom stereocenters.